The van der Waals surface area contributed by atoms with Crippen molar-refractivity contribution in [3.63, 3.8) is 0 Å². The number of anilines is 1. The number of hydrogen-bond acceptors (Lipinski definition) is 4. The molecule has 1 aliphatic rings. The van der Waals surface area contributed by atoms with Crippen LogP contribution in [-0.4, -0.2) is 16.2 Å². The monoisotopic (exact) mass is 222 g/mol. The van der Waals surface area contributed by atoms with E-state index >= 15 is 0 Å². The quantitative estimate of drug-likeness (QED) is 0.731. The maximum Gasteiger partial charge on any atom is 0.124 e. The Labute approximate surface area is 96.1 Å². The fourth-order valence-electron chi connectivity index (χ4n) is 1.40. The van der Waals surface area contributed by atoms with Gasteiger partial charge in [0, 0.05) is 11.9 Å². The van der Waals surface area contributed by atoms with E-state index in [-0.39, 0.29) is 11.2 Å². The maximum atomic E-state index is 5.79. The summed E-state index contributed by atoms with van der Waals surface area (Å²) in [6.07, 6.45) is 1.75. The first-order valence-electron chi connectivity index (χ1n) is 5.43. The van der Waals surface area contributed by atoms with Crippen LogP contribution in [0.1, 0.15) is 33.4 Å². The Hall–Kier alpha value is -1.13. The second-order valence-electron chi connectivity index (χ2n) is 5.12. The molecule has 4 nitrogen and oxygen atoms in total. The predicted molar refractivity (Wildman–Crippen MR) is 61.8 cm³/mol. The highest BCUT2D eigenvalue weighted by Crippen LogP contribution is 2.39. The van der Waals surface area contributed by atoms with E-state index in [4.69, 9.17) is 9.68 Å². The Morgan fingerprint density at radius 1 is 1.12 bits per heavy atom. The molecule has 0 N–H and O–H groups in total. The largest absolute Gasteiger partial charge is 0.261 e. The Morgan fingerprint density at radius 3 is 2.19 bits per heavy atom. The molecule has 1 saturated heterocycles. The molecule has 0 bridgehead atoms. The summed E-state index contributed by atoms with van der Waals surface area (Å²) in [5.41, 5.74) is 1.09. The average Bonchev–Trinajstić information content (AvgIpc) is 2.36. The van der Waals surface area contributed by atoms with Gasteiger partial charge in [-0.15, -0.1) is 5.23 Å². The zero-order valence-corrected chi connectivity index (χ0v) is 10.4. The van der Waals surface area contributed by atoms with E-state index in [0.29, 0.717) is 0 Å². The molecular formula is C12H18N2O2. The summed E-state index contributed by atoms with van der Waals surface area (Å²) in [4.78, 5) is 15.7. The zero-order valence-electron chi connectivity index (χ0n) is 10.4. The molecule has 0 unspecified atom stereocenters. The molecule has 0 radical (unpaired) electrons. The van der Waals surface area contributed by atoms with E-state index in [1.165, 1.54) is 5.23 Å². The molecule has 0 aliphatic carbocycles. The van der Waals surface area contributed by atoms with Gasteiger partial charge in [0.15, 0.2) is 0 Å². The van der Waals surface area contributed by atoms with Gasteiger partial charge in [0.1, 0.15) is 11.2 Å². The first-order valence-corrected chi connectivity index (χ1v) is 5.43. The van der Waals surface area contributed by atoms with E-state index in [2.05, 4.69) is 4.98 Å². The molecule has 0 aromatic carbocycles. The third-order valence-corrected chi connectivity index (χ3v) is 3.16. The van der Waals surface area contributed by atoms with Crippen molar-refractivity contribution in [3.8, 4) is 0 Å². The lowest BCUT2D eigenvalue weighted by atomic mass is 9.90. The van der Waals surface area contributed by atoms with Crippen LogP contribution in [0.25, 0.3) is 0 Å². The van der Waals surface area contributed by atoms with E-state index in [1.54, 1.807) is 6.20 Å². The standard InChI is InChI=1S/C12H18N2O2/c1-9-8-10(6-7-13-9)14-15-11(2,3)12(4,5)16-14/h6-8H,1-5H3. The molecule has 88 valence electrons. The minimum absolute atomic E-state index is 0.357. The van der Waals surface area contributed by atoms with Gasteiger partial charge in [0.25, 0.3) is 0 Å². The number of pyridine rings is 1. The summed E-state index contributed by atoms with van der Waals surface area (Å²) >= 11 is 0. The molecule has 1 aromatic heterocycles. The number of rotatable bonds is 1. The van der Waals surface area contributed by atoms with E-state index in [0.717, 1.165) is 11.4 Å². The van der Waals surface area contributed by atoms with Crippen molar-refractivity contribution < 1.29 is 9.68 Å². The highest BCUT2D eigenvalue weighted by molar-refractivity contribution is 5.42. The van der Waals surface area contributed by atoms with Crippen LogP contribution in [0.3, 0.4) is 0 Å². The Kier molecular flexibility index (Phi) is 2.44. The second kappa shape index (κ2) is 3.43. The highest BCUT2D eigenvalue weighted by atomic mass is 17.0. The number of nitrogens with zero attached hydrogens (tertiary/aromatic N) is 2. The van der Waals surface area contributed by atoms with Crippen molar-refractivity contribution >= 4 is 5.69 Å². The number of hydrogen-bond donors (Lipinski definition) is 0. The van der Waals surface area contributed by atoms with Gasteiger partial charge in [-0.1, -0.05) is 0 Å². The summed E-state index contributed by atoms with van der Waals surface area (Å²) in [5, 5.41) is 1.48. The van der Waals surface area contributed by atoms with Crippen molar-refractivity contribution in [2.24, 2.45) is 0 Å². The van der Waals surface area contributed by atoms with E-state index < -0.39 is 0 Å². The minimum Gasteiger partial charge on any atom is -0.261 e. The van der Waals surface area contributed by atoms with Crippen LogP contribution in [0.15, 0.2) is 18.3 Å². The van der Waals surface area contributed by atoms with Crippen LogP contribution >= 0.6 is 0 Å². The fraction of sp³-hybridized carbons (Fsp3) is 0.583. The third-order valence-electron chi connectivity index (χ3n) is 3.16. The Morgan fingerprint density at radius 2 is 1.69 bits per heavy atom. The lowest BCUT2D eigenvalue weighted by Crippen LogP contribution is -2.41. The molecule has 4 heteroatoms. The maximum absolute atomic E-state index is 5.79. The molecule has 16 heavy (non-hydrogen) atoms. The first kappa shape index (κ1) is 11.4. The van der Waals surface area contributed by atoms with Gasteiger partial charge in [-0.3, -0.25) is 4.98 Å². The van der Waals surface area contributed by atoms with Crippen LogP contribution in [0.2, 0.25) is 0 Å². The number of aryl methyl sites for hydroxylation is 1. The van der Waals surface area contributed by atoms with Gasteiger partial charge in [0.2, 0.25) is 0 Å². The van der Waals surface area contributed by atoms with Crippen molar-refractivity contribution in [1.29, 1.82) is 0 Å². The molecule has 0 spiro atoms. The predicted octanol–water partition coefficient (Wildman–Crippen LogP) is 2.63. The highest BCUT2D eigenvalue weighted by Gasteiger charge is 2.50. The second-order valence-corrected chi connectivity index (χ2v) is 5.12. The van der Waals surface area contributed by atoms with Crippen LogP contribution < -0.4 is 5.23 Å². The molecule has 2 rings (SSSR count). The van der Waals surface area contributed by atoms with Gasteiger partial charge < -0.3 is 0 Å². The summed E-state index contributed by atoms with van der Waals surface area (Å²) in [7, 11) is 0. The molecule has 1 fully saturated rings. The topological polar surface area (TPSA) is 34.6 Å². The van der Waals surface area contributed by atoms with Crippen LogP contribution in [0.5, 0.6) is 0 Å². The van der Waals surface area contributed by atoms with Gasteiger partial charge in [-0.05, 0) is 46.8 Å². The van der Waals surface area contributed by atoms with Crippen molar-refractivity contribution in [2.45, 2.75) is 45.8 Å². The molecule has 0 saturated carbocycles. The summed E-state index contributed by atoms with van der Waals surface area (Å²) < 4.78 is 0. The van der Waals surface area contributed by atoms with E-state index in [1.807, 2.05) is 46.8 Å². The molecule has 1 aliphatic heterocycles. The van der Waals surface area contributed by atoms with Crippen LogP contribution in [-0.2, 0) is 9.68 Å². The van der Waals surface area contributed by atoms with Crippen molar-refractivity contribution in [2.75, 3.05) is 5.23 Å². The molecule has 0 atom stereocenters. The fourth-order valence-corrected chi connectivity index (χ4v) is 1.40. The Balaban J connectivity index is 2.27. The molecular weight excluding hydrogens is 204 g/mol. The third kappa shape index (κ3) is 1.79. The Bertz CT molecular complexity index is 386. The lowest BCUT2D eigenvalue weighted by molar-refractivity contribution is -0.0273. The SMILES string of the molecule is Cc1cc(N2OC(C)(C)C(C)(C)O2)ccn1. The van der Waals surface area contributed by atoms with E-state index in [9.17, 15) is 0 Å². The summed E-state index contributed by atoms with van der Waals surface area (Å²) in [6, 6.07) is 3.79. The lowest BCUT2D eigenvalue weighted by Gasteiger charge is -2.26. The summed E-state index contributed by atoms with van der Waals surface area (Å²) in [5.74, 6) is 0. The zero-order chi connectivity index (χ0) is 12.0. The summed E-state index contributed by atoms with van der Waals surface area (Å²) in [6.45, 7) is 10.0. The van der Waals surface area contributed by atoms with Crippen molar-refractivity contribution in [1.82, 2.24) is 4.98 Å². The minimum atomic E-state index is -0.357. The van der Waals surface area contributed by atoms with Gasteiger partial charge in [-0.25, -0.2) is 9.68 Å². The van der Waals surface area contributed by atoms with Gasteiger partial charge in [0.05, 0.1) is 5.69 Å². The van der Waals surface area contributed by atoms with Crippen LogP contribution in [0, 0.1) is 6.92 Å². The van der Waals surface area contributed by atoms with Gasteiger partial charge in [-0.2, -0.15) is 0 Å². The van der Waals surface area contributed by atoms with Crippen LogP contribution in [0.4, 0.5) is 5.69 Å². The van der Waals surface area contributed by atoms with Crippen molar-refractivity contribution in [3.05, 3.63) is 24.0 Å². The smallest absolute Gasteiger partial charge is 0.124 e. The molecule has 1 aromatic rings. The number of aromatic nitrogens is 1. The average molecular weight is 222 g/mol. The van der Waals surface area contributed by atoms with Gasteiger partial charge >= 0.3 is 0 Å². The first-order chi connectivity index (χ1) is 7.32. The normalized spacial score (nSPS) is 22.4. The molecule has 2 heterocycles. The molecule has 0 amide bonds.